The van der Waals surface area contributed by atoms with Gasteiger partial charge >= 0.3 is 6.18 Å². The number of nitriles is 1. The van der Waals surface area contributed by atoms with Crippen LogP contribution in [-0.4, -0.2) is 27.7 Å². The maximum Gasteiger partial charge on any atom is 0.416 e. The van der Waals surface area contributed by atoms with E-state index < -0.39 is 23.9 Å². The fourth-order valence-electron chi connectivity index (χ4n) is 2.83. The molecule has 124 valence electrons. The second kappa shape index (κ2) is 6.09. The van der Waals surface area contributed by atoms with Gasteiger partial charge in [-0.05, 0) is 24.1 Å². The van der Waals surface area contributed by atoms with E-state index >= 15 is 0 Å². The molecule has 1 aliphatic heterocycles. The molecule has 2 aromatic rings. The lowest BCUT2D eigenvalue weighted by atomic mass is 10.0. The highest BCUT2D eigenvalue weighted by molar-refractivity contribution is 5.44. The molecule has 1 saturated heterocycles. The highest BCUT2D eigenvalue weighted by atomic mass is 19.4. The number of rotatable bonds is 2. The van der Waals surface area contributed by atoms with E-state index in [9.17, 15) is 18.3 Å². The van der Waals surface area contributed by atoms with E-state index in [1.165, 1.54) is 18.5 Å². The van der Waals surface area contributed by atoms with Gasteiger partial charge in [-0.2, -0.15) is 18.4 Å². The fourth-order valence-corrected chi connectivity index (χ4v) is 2.83. The Hall–Kier alpha value is -2.66. The van der Waals surface area contributed by atoms with Crippen molar-refractivity contribution in [1.82, 2.24) is 9.97 Å². The zero-order chi connectivity index (χ0) is 17.3. The van der Waals surface area contributed by atoms with Crippen LogP contribution in [0.15, 0.2) is 36.7 Å². The molecule has 2 heterocycles. The van der Waals surface area contributed by atoms with E-state index in [0.717, 1.165) is 12.1 Å². The Kier molecular flexibility index (Phi) is 4.11. The van der Waals surface area contributed by atoms with E-state index in [2.05, 4.69) is 9.97 Å². The molecule has 1 aromatic heterocycles. The molecule has 1 N–H and O–H groups in total. The number of hydrogen-bond donors (Lipinski definition) is 1. The standard InChI is InChI=1S/C16H13F3N4O/c17-16(18,19)11-3-1-2-10(4-11)14-5-13(24)9-23(14)15-8-21-12(6-20)7-22-15/h1-4,7-8,13-14,24H,5,9H2/t13-,14+/m0/s1. The highest BCUT2D eigenvalue weighted by Gasteiger charge is 2.35. The average molecular weight is 334 g/mol. The molecule has 0 bridgehead atoms. The Balaban J connectivity index is 1.95. The number of aliphatic hydroxyl groups is 1. The maximum atomic E-state index is 12.9. The maximum absolute atomic E-state index is 12.9. The van der Waals surface area contributed by atoms with E-state index in [1.54, 1.807) is 11.0 Å². The Morgan fingerprint density at radius 1 is 1.25 bits per heavy atom. The summed E-state index contributed by atoms with van der Waals surface area (Å²) in [6.45, 7) is 0.238. The third-order valence-corrected chi connectivity index (χ3v) is 3.92. The third kappa shape index (κ3) is 3.16. The van der Waals surface area contributed by atoms with Crippen LogP contribution in [0, 0.1) is 11.3 Å². The topological polar surface area (TPSA) is 73.0 Å². The number of nitrogens with zero attached hydrogens (tertiary/aromatic N) is 4. The summed E-state index contributed by atoms with van der Waals surface area (Å²) in [7, 11) is 0. The molecular weight excluding hydrogens is 321 g/mol. The van der Waals surface area contributed by atoms with E-state index in [1.807, 2.05) is 6.07 Å². The molecule has 5 nitrogen and oxygen atoms in total. The second-order valence-corrected chi connectivity index (χ2v) is 5.55. The van der Waals surface area contributed by atoms with Crippen molar-refractivity contribution in [3.8, 4) is 6.07 Å². The zero-order valence-electron chi connectivity index (χ0n) is 12.4. The van der Waals surface area contributed by atoms with Crippen LogP contribution in [0.25, 0.3) is 0 Å². The van der Waals surface area contributed by atoms with Gasteiger partial charge in [-0.1, -0.05) is 12.1 Å². The van der Waals surface area contributed by atoms with Gasteiger partial charge < -0.3 is 10.0 Å². The molecule has 1 aliphatic rings. The first-order chi connectivity index (χ1) is 11.4. The number of anilines is 1. The van der Waals surface area contributed by atoms with Gasteiger partial charge in [-0.15, -0.1) is 0 Å². The van der Waals surface area contributed by atoms with Crippen LogP contribution >= 0.6 is 0 Å². The molecule has 0 spiro atoms. The lowest BCUT2D eigenvalue weighted by molar-refractivity contribution is -0.137. The monoisotopic (exact) mass is 334 g/mol. The molecule has 0 radical (unpaired) electrons. The van der Waals surface area contributed by atoms with Gasteiger partial charge in [0.2, 0.25) is 0 Å². The number of alkyl halides is 3. The lowest BCUT2D eigenvalue weighted by Crippen LogP contribution is -2.25. The first-order valence-electron chi connectivity index (χ1n) is 7.22. The summed E-state index contributed by atoms with van der Waals surface area (Å²) in [5.74, 6) is 0.410. The minimum atomic E-state index is -4.42. The Bertz CT molecular complexity index is 770. The van der Waals surface area contributed by atoms with Crippen molar-refractivity contribution in [2.45, 2.75) is 24.7 Å². The predicted molar refractivity (Wildman–Crippen MR) is 78.9 cm³/mol. The summed E-state index contributed by atoms with van der Waals surface area (Å²) in [4.78, 5) is 9.75. The lowest BCUT2D eigenvalue weighted by Gasteiger charge is -2.26. The van der Waals surface area contributed by atoms with E-state index in [0.29, 0.717) is 17.8 Å². The summed E-state index contributed by atoms with van der Waals surface area (Å²) in [6, 6.07) is 6.47. The molecule has 0 aliphatic carbocycles. The molecule has 2 atom stereocenters. The van der Waals surface area contributed by atoms with Gasteiger partial charge in [0, 0.05) is 6.54 Å². The Morgan fingerprint density at radius 2 is 2.04 bits per heavy atom. The van der Waals surface area contributed by atoms with Crippen molar-refractivity contribution in [1.29, 1.82) is 5.26 Å². The highest BCUT2D eigenvalue weighted by Crippen LogP contribution is 2.37. The van der Waals surface area contributed by atoms with Crippen LogP contribution in [0.1, 0.15) is 29.3 Å². The minimum absolute atomic E-state index is 0.147. The van der Waals surface area contributed by atoms with Gasteiger partial charge in [0.1, 0.15) is 11.9 Å². The molecule has 0 amide bonds. The molecular formula is C16H13F3N4O. The Labute approximate surface area is 136 Å². The molecule has 1 fully saturated rings. The average Bonchev–Trinajstić information content (AvgIpc) is 2.96. The summed E-state index contributed by atoms with van der Waals surface area (Å²) in [6.07, 6.45) is -2.13. The first kappa shape index (κ1) is 16.2. The van der Waals surface area contributed by atoms with Crippen molar-refractivity contribution in [3.05, 3.63) is 53.5 Å². The van der Waals surface area contributed by atoms with Gasteiger partial charge in [0.25, 0.3) is 0 Å². The zero-order valence-corrected chi connectivity index (χ0v) is 12.4. The van der Waals surface area contributed by atoms with Crippen LogP contribution in [0.2, 0.25) is 0 Å². The van der Waals surface area contributed by atoms with Crippen LogP contribution in [0.3, 0.4) is 0 Å². The number of β-amino-alcohol motifs (C(OH)–C–C–N with tert-alkyl or cyclic N) is 1. The van der Waals surface area contributed by atoms with Crippen LogP contribution < -0.4 is 4.90 Å². The quantitative estimate of drug-likeness (QED) is 0.914. The van der Waals surface area contributed by atoms with Crippen LogP contribution in [-0.2, 0) is 6.18 Å². The third-order valence-electron chi connectivity index (χ3n) is 3.92. The van der Waals surface area contributed by atoms with Gasteiger partial charge in [0.05, 0.1) is 30.1 Å². The number of halogens is 3. The van der Waals surface area contributed by atoms with E-state index in [4.69, 9.17) is 5.26 Å². The van der Waals surface area contributed by atoms with Gasteiger partial charge in [-0.3, -0.25) is 0 Å². The molecule has 8 heteroatoms. The first-order valence-corrected chi connectivity index (χ1v) is 7.22. The summed E-state index contributed by atoms with van der Waals surface area (Å²) >= 11 is 0. The number of aliphatic hydroxyl groups excluding tert-OH is 1. The van der Waals surface area contributed by atoms with Gasteiger partial charge in [-0.25, -0.2) is 9.97 Å². The molecule has 0 saturated carbocycles. The van der Waals surface area contributed by atoms with Crippen molar-refractivity contribution in [2.75, 3.05) is 11.4 Å². The van der Waals surface area contributed by atoms with Crippen molar-refractivity contribution >= 4 is 5.82 Å². The number of aromatic nitrogens is 2. The van der Waals surface area contributed by atoms with Crippen LogP contribution in [0.5, 0.6) is 0 Å². The summed E-state index contributed by atoms with van der Waals surface area (Å²) < 4.78 is 38.8. The van der Waals surface area contributed by atoms with Crippen molar-refractivity contribution in [3.63, 3.8) is 0 Å². The van der Waals surface area contributed by atoms with Gasteiger partial charge in [0.15, 0.2) is 5.69 Å². The fraction of sp³-hybridized carbons (Fsp3) is 0.312. The normalized spacial score (nSPS) is 20.9. The predicted octanol–water partition coefficient (Wildman–Crippen LogP) is 2.68. The summed E-state index contributed by atoms with van der Waals surface area (Å²) in [5.41, 5.74) is -0.131. The Morgan fingerprint density at radius 3 is 2.67 bits per heavy atom. The molecule has 24 heavy (non-hydrogen) atoms. The number of benzene rings is 1. The minimum Gasteiger partial charge on any atom is -0.391 e. The SMILES string of the molecule is N#Cc1cnc(N2C[C@@H](O)C[C@@H]2c2cccc(C(F)(F)F)c2)cn1. The summed E-state index contributed by atoms with van der Waals surface area (Å²) in [5, 5.41) is 18.7. The van der Waals surface area contributed by atoms with Crippen molar-refractivity contribution < 1.29 is 18.3 Å². The number of hydrogen-bond acceptors (Lipinski definition) is 5. The smallest absolute Gasteiger partial charge is 0.391 e. The van der Waals surface area contributed by atoms with Crippen molar-refractivity contribution in [2.24, 2.45) is 0 Å². The second-order valence-electron chi connectivity index (χ2n) is 5.55. The molecule has 1 aromatic carbocycles. The van der Waals surface area contributed by atoms with E-state index in [-0.39, 0.29) is 12.2 Å². The van der Waals surface area contributed by atoms with Crippen LogP contribution in [0.4, 0.5) is 19.0 Å². The molecule has 3 rings (SSSR count). The molecule has 0 unspecified atom stereocenters. The largest absolute Gasteiger partial charge is 0.416 e.